The topological polar surface area (TPSA) is 62.3 Å². The van der Waals surface area contributed by atoms with Crippen molar-refractivity contribution in [3.05, 3.63) is 68.4 Å². The molecule has 0 atom stereocenters. The van der Waals surface area contributed by atoms with Gasteiger partial charge in [0.1, 0.15) is 0 Å². The Morgan fingerprint density at radius 3 is 2.96 bits per heavy atom. The highest BCUT2D eigenvalue weighted by atomic mass is 32.1. The van der Waals surface area contributed by atoms with Gasteiger partial charge in [-0.3, -0.25) is 14.9 Å². The fourth-order valence-electron chi connectivity index (χ4n) is 3.13. The number of carbonyl (C=O) groups excluding carboxylic acids is 2. The molecule has 5 nitrogen and oxygen atoms in total. The molecule has 3 aromatic rings. The molecule has 3 heterocycles. The molecule has 2 amide bonds. The molecule has 7 heteroatoms. The number of rotatable bonds is 4. The summed E-state index contributed by atoms with van der Waals surface area (Å²) in [6.07, 6.45) is 1.14. The smallest absolute Gasteiger partial charge is 0.258 e. The van der Waals surface area contributed by atoms with Crippen LogP contribution in [0, 0.1) is 6.92 Å². The van der Waals surface area contributed by atoms with Crippen LogP contribution in [0.1, 0.15) is 32.1 Å². The lowest BCUT2D eigenvalue weighted by Crippen LogP contribution is -2.36. The van der Waals surface area contributed by atoms with Crippen LogP contribution >= 0.6 is 22.7 Å². The Morgan fingerprint density at radius 2 is 2.19 bits per heavy atom. The van der Waals surface area contributed by atoms with Crippen LogP contribution in [0.25, 0.3) is 0 Å². The average Bonchev–Trinajstić information content (AvgIpc) is 3.30. The van der Waals surface area contributed by atoms with Crippen molar-refractivity contribution in [1.82, 2.24) is 9.88 Å². The first-order valence-electron chi connectivity index (χ1n) is 8.74. The van der Waals surface area contributed by atoms with Gasteiger partial charge in [-0.15, -0.1) is 0 Å². The molecule has 1 aliphatic rings. The maximum Gasteiger partial charge on any atom is 0.258 e. The molecule has 0 fully saturated rings. The van der Waals surface area contributed by atoms with E-state index in [9.17, 15) is 9.59 Å². The molecular weight excluding hydrogens is 378 g/mol. The van der Waals surface area contributed by atoms with E-state index < -0.39 is 0 Å². The number of hydrogen-bond donors (Lipinski definition) is 1. The molecular formula is C20H19N3O2S2. The van der Waals surface area contributed by atoms with Gasteiger partial charge in [0.2, 0.25) is 5.91 Å². The first-order valence-corrected chi connectivity index (χ1v) is 10.5. The highest BCUT2D eigenvalue weighted by Crippen LogP contribution is 2.29. The summed E-state index contributed by atoms with van der Waals surface area (Å²) < 4.78 is 0. The highest BCUT2D eigenvalue weighted by Gasteiger charge is 2.24. The molecule has 0 saturated heterocycles. The summed E-state index contributed by atoms with van der Waals surface area (Å²) in [7, 11) is 0. The van der Waals surface area contributed by atoms with Crippen molar-refractivity contribution in [3.63, 3.8) is 0 Å². The molecule has 0 bridgehead atoms. The van der Waals surface area contributed by atoms with Gasteiger partial charge < -0.3 is 4.90 Å². The van der Waals surface area contributed by atoms with Gasteiger partial charge in [0.05, 0.1) is 24.2 Å². The first-order chi connectivity index (χ1) is 13.1. The number of thiophene rings is 1. The predicted octanol–water partition coefficient (Wildman–Crippen LogP) is 3.89. The summed E-state index contributed by atoms with van der Waals surface area (Å²) >= 11 is 2.95. The highest BCUT2D eigenvalue weighted by molar-refractivity contribution is 7.16. The van der Waals surface area contributed by atoms with Gasteiger partial charge in [-0.05, 0) is 23.9 Å². The molecule has 0 radical (unpaired) electrons. The van der Waals surface area contributed by atoms with E-state index >= 15 is 0 Å². The van der Waals surface area contributed by atoms with E-state index in [0.29, 0.717) is 30.2 Å². The van der Waals surface area contributed by atoms with Crippen molar-refractivity contribution < 1.29 is 9.59 Å². The number of thiazole rings is 1. The van der Waals surface area contributed by atoms with Gasteiger partial charge >= 0.3 is 0 Å². The van der Waals surface area contributed by atoms with Crippen LogP contribution in [0.5, 0.6) is 0 Å². The van der Waals surface area contributed by atoms with Gasteiger partial charge in [-0.25, -0.2) is 4.98 Å². The second-order valence-corrected chi connectivity index (χ2v) is 8.45. The second-order valence-electron chi connectivity index (χ2n) is 6.59. The summed E-state index contributed by atoms with van der Waals surface area (Å²) in [6.45, 7) is 3.26. The maximum atomic E-state index is 12.7. The van der Waals surface area contributed by atoms with Crippen LogP contribution < -0.4 is 5.32 Å². The SMILES string of the molecule is Cc1cccc(CC(=O)N2CCc3nc(NC(=O)c4ccsc4)sc3C2)c1. The minimum atomic E-state index is -0.144. The molecule has 1 aliphatic heterocycles. The third-order valence-electron chi connectivity index (χ3n) is 4.53. The number of nitrogens with zero attached hydrogens (tertiary/aromatic N) is 2. The van der Waals surface area contributed by atoms with Gasteiger partial charge in [0, 0.05) is 23.2 Å². The zero-order valence-electron chi connectivity index (χ0n) is 14.9. The molecule has 0 aliphatic carbocycles. The number of fused-ring (bicyclic) bond motifs is 1. The third kappa shape index (κ3) is 4.09. The Hall–Kier alpha value is -2.51. The van der Waals surface area contributed by atoms with Gasteiger partial charge in [-0.1, -0.05) is 41.2 Å². The van der Waals surface area contributed by atoms with Crippen molar-refractivity contribution >= 4 is 39.6 Å². The summed E-state index contributed by atoms with van der Waals surface area (Å²) in [5, 5.41) is 7.15. The van der Waals surface area contributed by atoms with Gasteiger partial charge in [0.15, 0.2) is 5.13 Å². The number of amides is 2. The number of nitrogens with one attached hydrogen (secondary N) is 1. The van der Waals surface area contributed by atoms with Crippen molar-refractivity contribution in [1.29, 1.82) is 0 Å². The van der Waals surface area contributed by atoms with E-state index in [2.05, 4.69) is 16.4 Å². The molecule has 2 aromatic heterocycles. The van der Waals surface area contributed by atoms with Crippen LogP contribution in [0.4, 0.5) is 5.13 Å². The summed E-state index contributed by atoms with van der Waals surface area (Å²) in [4.78, 5) is 32.3. The monoisotopic (exact) mass is 397 g/mol. The molecule has 0 saturated carbocycles. The largest absolute Gasteiger partial charge is 0.337 e. The minimum absolute atomic E-state index is 0.128. The lowest BCUT2D eigenvalue weighted by atomic mass is 10.1. The first kappa shape index (κ1) is 17.9. The molecule has 138 valence electrons. The fourth-order valence-corrected chi connectivity index (χ4v) is 4.79. The van der Waals surface area contributed by atoms with E-state index in [-0.39, 0.29) is 11.8 Å². The quantitative estimate of drug-likeness (QED) is 0.726. The molecule has 0 spiro atoms. The second kappa shape index (κ2) is 7.62. The molecule has 1 aromatic carbocycles. The van der Waals surface area contributed by atoms with Crippen molar-refractivity contribution in [2.24, 2.45) is 0 Å². The summed E-state index contributed by atoms with van der Waals surface area (Å²) in [5.74, 6) is -0.0155. The number of carbonyl (C=O) groups is 2. The number of aromatic nitrogens is 1. The molecule has 0 unspecified atom stereocenters. The minimum Gasteiger partial charge on any atom is -0.337 e. The van der Waals surface area contributed by atoms with Crippen LogP contribution in [0.3, 0.4) is 0 Å². The van der Waals surface area contributed by atoms with E-state index in [0.717, 1.165) is 28.1 Å². The fraction of sp³-hybridized carbons (Fsp3) is 0.250. The Kier molecular flexibility index (Phi) is 5.05. The van der Waals surface area contributed by atoms with E-state index in [4.69, 9.17) is 0 Å². The normalized spacial score (nSPS) is 13.3. The molecule has 1 N–H and O–H groups in total. The van der Waals surface area contributed by atoms with Crippen LogP contribution in [0.15, 0.2) is 41.1 Å². The predicted molar refractivity (Wildman–Crippen MR) is 108 cm³/mol. The van der Waals surface area contributed by atoms with Gasteiger partial charge in [-0.2, -0.15) is 11.3 Å². The Balaban J connectivity index is 1.41. The van der Waals surface area contributed by atoms with Crippen molar-refractivity contribution in [3.8, 4) is 0 Å². The number of anilines is 1. The zero-order valence-corrected chi connectivity index (χ0v) is 16.5. The standard InChI is InChI=1S/C20H19N3O2S2/c1-13-3-2-4-14(9-13)10-18(24)23-7-5-16-17(11-23)27-20(21-16)22-19(25)15-6-8-26-12-15/h2-4,6,8-9,12H,5,7,10-11H2,1H3,(H,21,22,25). The van der Waals surface area contributed by atoms with E-state index in [1.54, 1.807) is 6.07 Å². The van der Waals surface area contributed by atoms with Crippen molar-refractivity contribution in [2.45, 2.75) is 26.3 Å². The zero-order chi connectivity index (χ0) is 18.8. The Morgan fingerprint density at radius 1 is 1.30 bits per heavy atom. The number of benzene rings is 1. The van der Waals surface area contributed by atoms with E-state index in [1.165, 1.54) is 22.7 Å². The Labute approximate surface area is 165 Å². The lowest BCUT2D eigenvalue weighted by molar-refractivity contribution is -0.131. The summed E-state index contributed by atoms with van der Waals surface area (Å²) in [6, 6.07) is 9.85. The van der Waals surface area contributed by atoms with Crippen LogP contribution in [0.2, 0.25) is 0 Å². The van der Waals surface area contributed by atoms with Crippen molar-refractivity contribution in [2.75, 3.05) is 11.9 Å². The Bertz CT molecular complexity index is 979. The molecule has 4 rings (SSSR count). The lowest BCUT2D eigenvalue weighted by Gasteiger charge is -2.26. The van der Waals surface area contributed by atoms with Crippen LogP contribution in [-0.2, 0) is 24.2 Å². The average molecular weight is 398 g/mol. The number of hydrogen-bond acceptors (Lipinski definition) is 5. The maximum absolute atomic E-state index is 12.7. The summed E-state index contributed by atoms with van der Waals surface area (Å²) in [5.41, 5.74) is 3.83. The third-order valence-corrected chi connectivity index (χ3v) is 6.21. The molecule has 27 heavy (non-hydrogen) atoms. The van der Waals surface area contributed by atoms with Gasteiger partial charge in [0.25, 0.3) is 5.91 Å². The van der Waals surface area contributed by atoms with E-state index in [1.807, 2.05) is 40.8 Å². The van der Waals surface area contributed by atoms with Crippen LogP contribution in [-0.4, -0.2) is 28.2 Å². The number of aryl methyl sites for hydroxylation is 1.